The number of thioether (sulfide) groups is 1. The summed E-state index contributed by atoms with van der Waals surface area (Å²) < 4.78 is 0. The summed E-state index contributed by atoms with van der Waals surface area (Å²) in [5.74, 6) is 0.500. The first-order valence-electron chi connectivity index (χ1n) is 7.45. The van der Waals surface area contributed by atoms with Gasteiger partial charge in [-0.25, -0.2) is 4.99 Å². The van der Waals surface area contributed by atoms with E-state index in [1.165, 1.54) is 23.3 Å². The molecule has 0 saturated heterocycles. The van der Waals surface area contributed by atoms with Crippen LogP contribution in [-0.2, 0) is 11.2 Å². The zero-order valence-corrected chi connectivity index (χ0v) is 12.5. The van der Waals surface area contributed by atoms with Crippen molar-refractivity contribution in [3.8, 4) is 0 Å². The average molecular weight is 296 g/mol. The Hall–Kier alpha value is -1.68. The van der Waals surface area contributed by atoms with Gasteiger partial charge in [-0.2, -0.15) is 4.99 Å². The Balaban J connectivity index is 1.60. The predicted octanol–water partition coefficient (Wildman–Crippen LogP) is 3.76. The number of aliphatic imine (C=N–C) groups is 2. The van der Waals surface area contributed by atoms with Crippen molar-refractivity contribution in [2.75, 3.05) is 0 Å². The lowest BCUT2D eigenvalue weighted by atomic mass is 9.89. The number of fused-ring (bicyclic) bond motifs is 2. The van der Waals surface area contributed by atoms with Gasteiger partial charge in [0.2, 0.25) is 0 Å². The number of amides is 1. The second kappa shape index (κ2) is 5.26. The number of nitrogens with zero attached hydrogens (tertiary/aromatic N) is 2. The minimum atomic E-state index is -0.148. The summed E-state index contributed by atoms with van der Waals surface area (Å²) in [4.78, 5) is 22.7. The van der Waals surface area contributed by atoms with Crippen LogP contribution in [0.1, 0.15) is 31.2 Å². The van der Waals surface area contributed by atoms with E-state index in [1.807, 2.05) is 30.3 Å². The van der Waals surface area contributed by atoms with Crippen LogP contribution in [0.3, 0.4) is 0 Å². The number of hydrogen-bond donors (Lipinski definition) is 0. The summed E-state index contributed by atoms with van der Waals surface area (Å²) in [6.07, 6.45) is 5.21. The number of carbonyl (C=O) groups excluding carboxylic acids is 1. The van der Waals surface area contributed by atoms with Gasteiger partial charge in [0, 0.05) is 6.42 Å². The van der Waals surface area contributed by atoms with Crippen molar-refractivity contribution in [3.05, 3.63) is 46.4 Å². The Morgan fingerprint density at radius 3 is 2.76 bits per heavy atom. The van der Waals surface area contributed by atoms with Crippen LogP contribution < -0.4 is 0 Å². The van der Waals surface area contributed by atoms with Gasteiger partial charge < -0.3 is 0 Å². The maximum Gasteiger partial charge on any atom is 0.261 e. The summed E-state index contributed by atoms with van der Waals surface area (Å²) in [6.45, 7) is 0. The molecule has 3 nitrogen and oxygen atoms in total. The molecular weight excluding hydrogens is 280 g/mol. The molecule has 0 spiro atoms. The number of amidine groups is 1. The molecule has 2 aliphatic heterocycles. The van der Waals surface area contributed by atoms with Crippen LogP contribution in [0.4, 0.5) is 0 Å². The topological polar surface area (TPSA) is 41.8 Å². The molecule has 106 valence electrons. The van der Waals surface area contributed by atoms with E-state index in [9.17, 15) is 4.79 Å². The third kappa shape index (κ3) is 2.38. The fourth-order valence-corrected chi connectivity index (χ4v) is 4.56. The normalized spacial score (nSPS) is 24.4. The number of carbonyl (C=O) groups is 1. The third-order valence-corrected chi connectivity index (χ3v) is 5.46. The highest BCUT2D eigenvalue weighted by atomic mass is 32.2. The van der Waals surface area contributed by atoms with Gasteiger partial charge in [-0.1, -0.05) is 42.1 Å². The maximum atomic E-state index is 12.4. The van der Waals surface area contributed by atoms with Crippen molar-refractivity contribution in [2.24, 2.45) is 15.9 Å². The first kappa shape index (κ1) is 13.0. The molecule has 1 atom stereocenters. The van der Waals surface area contributed by atoms with E-state index >= 15 is 0 Å². The van der Waals surface area contributed by atoms with Crippen LogP contribution in [0.15, 0.2) is 50.8 Å². The second-order valence-electron chi connectivity index (χ2n) is 5.67. The second-order valence-corrected chi connectivity index (χ2v) is 6.78. The third-order valence-electron chi connectivity index (χ3n) is 4.21. The molecule has 0 aromatic heterocycles. The molecular formula is C17H16N2OS. The molecule has 1 aliphatic carbocycles. The van der Waals surface area contributed by atoms with Crippen LogP contribution in [0.5, 0.6) is 0 Å². The molecule has 1 unspecified atom stereocenters. The molecule has 0 N–H and O–H groups in total. The highest BCUT2D eigenvalue weighted by molar-refractivity contribution is 8.17. The molecule has 1 aromatic carbocycles. The van der Waals surface area contributed by atoms with Gasteiger partial charge in [0.15, 0.2) is 0 Å². The van der Waals surface area contributed by atoms with Crippen molar-refractivity contribution in [1.82, 2.24) is 0 Å². The quantitative estimate of drug-likeness (QED) is 0.834. The Bertz CT molecular complexity index is 688. The van der Waals surface area contributed by atoms with Gasteiger partial charge in [-0.15, -0.1) is 0 Å². The lowest BCUT2D eigenvalue weighted by Gasteiger charge is -2.18. The van der Waals surface area contributed by atoms with E-state index in [4.69, 9.17) is 0 Å². The molecule has 0 radical (unpaired) electrons. The Kier molecular flexibility index (Phi) is 3.26. The van der Waals surface area contributed by atoms with Gasteiger partial charge in [0.05, 0.1) is 5.04 Å². The SMILES string of the molecule is O=C1N=C(Cc2ccccc2)N=C2SC3=C(CCCC3)C12. The number of rotatable bonds is 2. The van der Waals surface area contributed by atoms with Gasteiger partial charge in [0.1, 0.15) is 11.8 Å². The van der Waals surface area contributed by atoms with Crippen molar-refractivity contribution in [1.29, 1.82) is 0 Å². The summed E-state index contributed by atoms with van der Waals surface area (Å²) in [6, 6.07) is 10.1. The largest absolute Gasteiger partial charge is 0.271 e. The smallest absolute Gasteiger partial charge is 0.261 e. The predicted molar refractivity (Wildman–Crippen MR) is 86.6 cm³/mol. The van der Waals surface area contributed by atoms with E-state index in [2.05, 4.69) is 9.98 Å². The highest BCUT2D eigenvalue weighted by Crippen LogP contribution is 2.47. The zero-order chi connectivity index (χ0) is 14.2. The first-order valence-corrected chi connectivity index (χ1v) is 8.26. The monoisotopic (exact) mass is 296 g/mol. The van der Waals surface area contributed by atoms with E-state index in [0.29, 0.717) is 12.3 Å². The van der Waals surface area contributed by atoms with Crippen LogP contribution in [0, 0.1) is 5.92 Å². The van der Waals surface area contributed by atoms with Crippen molar-refractivity contribution >= 4 is 28.5 Å². The molecule has 0 bridgehead atoms. The minimum absolute atomic E-state index is 0.00895. The van der Waals surface area contributed by atoms with Crippen molar-refractivity contribution < 1.29 is 4.79 Å². The van der Waals surface area contributed by atoms with Gasteiger partial charge in [-0.3, -0.25) is 4.79 Å². The summed E-state index contributed by atoms with van der Waals surface area (Å²) in [5.41, 5.74) is 2.45. The molecule has 1 amide bonds. The lowest BCUT2D eigenvalue weighted by molar-refractivity contribution is -0.118. The average Bonchev–Trinajstić information content (AvgIpc) is 2.87. The Morgan fingerprint density at radius 1 is 1.10 bits per heavy atom. The number of hydrogen-bond acceptors (Lipinski definition) is 3. The Morgan fingerprint density at radius 2 is 1.90 bits per heavy atom. The van der Waals surface area contributed by atoms with Crippen LogP contribution >= 0.6 is 11.8 Å². The standard InChI is InChI=1S/C17H16N2OS/c20-16-15-12-8-4-5-9-13(12)21-17(15)19-14(18-16)10-11-6-2-1-3-7-11/h1-3,6-7,15H,4-5,8-10H2. The summed E-state index contributed by atoms with van der Waals surface area (Å²) in [7, 11) is 0. The molecule has 0 fully saturated rings. The molecule has 4 rings (SSSR count). The maximum absolute atomic E-state index is 12.4. The van der Waals surface area contributed by atoms with E-state index in [1.54, 1.807) is 11.8 Å². The molecule has 1 aromatic rings. The van der Waals surface area contributed by atoms with Crippen molar-refractivity contribution in [3.63, 3.8) is 0 Å². The highest BCUT2D eigenvalue weighted by Gasteiger charge is 2.40. The molecule has 21 heavy (non-hydrogen) atoms. The van der Waals surface area contributed by atoms with E-state index in [-0.39, 0.29) is 11.8 Å². The van der Waals surface area contributed by atoms with E-state index < -0.39 is 0 Å². The minimum Gasteiger partial charge on any atom is -0.271 e. The van der Waals surface area contributed by atoms with Gasteiger partial charge >= 0.3 is 0 Å². The van der Waals surface area contributed by atoms with Gasteiger partial charge in [-0.05, 0) is 41.7 Å². The van der Waals surface area contributed by atoms with Gasteiger partial charge in [0.25, 0.3) is 5.91 Å². The molecule has 0 saturated carbocycles. The van der Waals surface area contributed by atoms with Crippen LogP contribution in [-0.4, -0.2) is 16.8 Å². The fraction of sp³-hybridized carbons (Fsp3) is 0.353. The molecule has 3 aliphatic rings. The van der Waals surface area contributed by atoms with Crippen molar-refractivity contribution in [2.45, 2.75) is 32.1 Å². The summed E-state index contributed by atoms with van der Waals surface area (Å²) >= 11 is 1.72. The zero-order valence-electron chi connectivity index (χ0n) is 11.7. The fourth-order valence-electron chi connectivity index (χ4n) is 3.20. The van der Waals surface area contributed by atoms with Crippen LogP contribution in [0.25, 0.3) is 0 Å². The van der Waals surface area contributed by atoms with Crippen LogP contribution in [0.2, 0.25) is 0 Å². The lowest BCUT2D eigenvalue weighted by Crippen LogP contribution is -2.26. The van der Waals surface area contributed by atoms with E-state index in [0.717, 1.165) is 23.4 Å². The first-order chi connectivity index (χ1) is 10.3. The summed E-state index contributed by atoms with van der Waals surface area (Å²) in [5, 5.41) is 0.966. The number of allylic oxidation sites excluding steroid dienone is 1. The Labute approximate surface area is 128 Å². The number of benzene rings is 1. The molecule has 4 heteroatoms. The molecule has 2 heterocycles.